The zero-order chi connectivity index (χ0) is 13.3. The lowest BCUT2D eigenvalue weighted by Crippen LogP contribution is -2.21. The summed E-state index contributed by atoms with van der Waals surface area (Å²) in [5.74, 6) is -1.85. The Morgan fingerprint density at radius 3 is 2.61 bits per heavy atom. The van der Waals surface area contributed by atoms with Gasteiger partial charge in [-0.1, -0.05) is 29.8 Å². The maximum atomic E-state index is 11.4. The van der Waals surface area contributed by atoms with Crippen LogP contribution in [0.4, 0.5) is 5.69 Å². The SMILES string of the molecule is C=C(Nc1ccc(Cl)c(Cl)c1)[C@H]1C(=O)COC1=O. The number of carbonyl (C=O) groups is 2. The maximum absolute atomic E-state index is 11.4. The number of cyclic esters (lactones) is 1. The molecule has 0 spiro atoms. The zero-order valence-corrected chi connectivity index (χ0v) is 10.7. The van der Waals surface area contributed by atoms with E-state index < -0.39 is 11.9 Å². The fourth-order valence-electron chi connectivity index (χ4n) is 1.61. The summed E-state index contributed by atoms with van der Waals surface area (Å²) in [4.78, 5) is 22.8. The summed E-state index contributed by atoms with van der Waals surface area (Å²) in [6.07, 6.45) is 0. The molecule has 0 aromatic heterocycles. The van der Waals surface area contributed by atoms with Crippen molar-refractivity contribution in [3.8, 4) is 0 Å². The number of hydrogen-bond acceptors (Lipinski definition) is 4. The third-order valence-electron chi connectivity index (χ3n) is 2.49. The van der Waals surface area contributed by atoms with Gasteiger partial charge in [0, 0.05) is 11.4 Å². The van der Waals surface area contributed by atoms with Crippen molar-refractivity contribution in [2.75, 3.05) is 11.9 Å². The molecule has 0 saturated carbocycles. The van der Waals surface area contributed by atoms with E-state index >= 15 is 0 Å². The molecule has 0 amide bonds. The zero-order valence-electron chi connectivity index (χ0n) is 9.20. The van der Waals surface area contributed by atoms with Gasteiger partial charge in [-0.2, -0.15) is 0 Å². The molecule has 0 aliphatic carbocycles. The molecule has 1 aliphatic rings. The first kappa shape index (κ1) is 12.9. The molecule has 1 atom stereocenters. The average Bonchev–Trinajstić information content (AvgIpc) is 2.64. The van der Waals surface area contributed by atoms with Crippen LogP contribution in [-0.2, 0) is 14.3 Å². The fourth-order valence-corrected chi connectivity index (χ4v) is 1.91. The quantitative estimate of drug-likeness (QED) is 0.685. The van der Waals surface area contributed by atoms with E-state index in [1.165, 1.54) is 0 Å². The van der Waals surface area contributed by atoms with E-state index in [-0.39, 0.29) is 18.1 Å². The number of anilines is 1. The third kappa shape index (κ3) is 2.49. The Bertz CT molecular complexity index is 526. The lowest BCUT2D eigenvalue weighted by atomic mass is 10.0. The van der Waals surface area contributed by atoms with E-state index in [2.05, 4.69) is 16.6 Å². The minimum Gasteiger partial charge on any atom is -0.457 e. The van der Waals surface area contributed by atoms with Crippen molar-refractivity contribution in [1.82, 2.24) is 0 Å². The van der Waals surface area contributed by atoms with Crippen LogP contribution >= 0.6 is 23.2 Å². The summed E-state index contributed by atoms with van der Waals surface area (Å²) in [6, 6.07) is 4.86. The van der Waals surface area contributed by atoms with E-state index in [0.29, 0.717) is 15.7 Å². The molecule has 2 rings (SSSR count). The summed E-state index contributed by atoms with van der Waals surface area (Å²) >= 11 is 11.6. The number of ether oxygens (including phenoxy) is 1. The first-order valence-corrected chi connectivity index (χ1v) is 5.85. The molecule has 0 bridgehead atoms. The van der Waals surface area contributed by atoms with Crippen molar-refractivity contribution < 1.29 is 14.3 Å². The molecule has 94 valence electrons. The second-order valence-electron chi connectivity index (χ2n) is 3.79. The summed E-state index contributed by atoms with van der Waals surface area (Å²) in [7, 11) is 0. The lowest BCUT2D eigenvalue weighted by Gasteiger charge is -2.12. The minimum absolute atomic E-state index is 0.203. The van der Waals surface area contributed by atoms with Crippen molar-refractivity contribution in [2.45, 2.75) is 0 Å². The number of ketones is 1. The van der Waals surface area contributed by atoms with Crippen LogP contribution < -0.4 is 5.32 Å². The van der Waals surface area contributed by atoms with Gasteiger partial charge in [-0.3, -0.25) is 9.59 Å². The van der Waals surface area contributed by atoms with E-state index in [1.54, 1.807) is 18.2 Å². The standard InChI is InChI=1S/C12H9Cl2NO3/c1-6(11-10(16)5-18-12(11)17)15-7-2-3-8(13)9(14)4-7/h2-4,11,15H,1,5H2/t11-/m0/s1. The number of halogens is 2. The molecular weight excluding hydrogens is 277 g/mol. The summed E-state index contributed by atoms with van der Waals surface area (Å²) in [5, 5.41) is 3.64. The van der Waals surface area contributed by atoms with E-state index in [0.717, 1.165) is 0 Å². The number of rotatable bonds is 3. The molecular formula is C12H9Cl2NO3. The number of esters is 1. The normalized spacial score (nSPS) is 18.7. The van der Waals surface area contributed by atoms with E-state index in [9.17, 15) is 9.59 Å². The molecule has 1 heterocycles. The summed E-state index contributed by atoms with van der Waals surface area (Å²) < 4.78 is 4.64. The van der Waals surface area contributed by atoms with Gasteiger partial charge in [0.2, 0.25) is 0 Å². The largest absolute Gasteiger partial charge is 0.457 e. The molecule has 1 fully saturated rings. The molecule has 1 saturated heterocycles. The van der Waals surface area contributed by atoms with E-state index in [4.69, 9.17) is 23.2 Å². The van der Waals surface area contributed by atoms with E-state index in [1.807, 2.05) is 0 Å². The molecule has 1 aliphatic heterocycles. The Balaban J connectivity index is 2.14. The number of Topliss-reactive ketones (excluding diaryl/α,β-unsaturated/α-hetero) is 1. The molecule has 0 radical (unpaired) electrons. The number of benzene rings is 1. The molecule has 1 aromatic rings. The van der Waals surface area contributed by atoms with Crippen molar-refractivity contribution in [3.63, 3.8) is 0 Å². The first-order chi connectivity index (χ1) is 8.49. The predicted molar refractivity (Wildman–Crippen MR) is 68.7 cm³/mol. The monoisotopic (exact) mass is 285 g/mol. The van der Waals surface area contributed by atoms with Crippen LogP contribution in [0.3, 0.4) is 0 Å². The highest BCUT2D eigenvalue weighted by Gasteiger charge is 2.37. The topological polar surface area (TPSA) is 55.4 Å². The van der Waals surface area contributed by atoms with Gasteiger partial charge in [0.25, 0.3) is 0 Å². The Hall–Kier alpha value is -1.52. The van der Waals surface area contributed by atoms with Gasteiger partial charge in [-0.25, -0.2) is 0 Å². The van der Waals surface area contributed by atoms with Crippen LogP contribution in [0.2, 0.25) is 10.0 Å². The Morgan fingerprint density at radius 1 is 1.33 bits per heavy atom. The molecule has 1 N–H and O–H groups in total. The van der Waals surface area contributed by atoms with Crippen molar-refractivity contribution in [2.24, 2.45) is 5.92 Å². The fraction of sp³-hybridized carbons (Fsp3) is 0.167. The smallest absolute Gasteiger partial charge is 0.323 e. The van der Waals surface area contributed by atoms with Crippen LogP contribution in [-0.4, -0.2) is 18.4 Å². The van der Waals surface area contributed by atoms with Gasteiger partial charge in [0.1, 0.15) is 0 Å². The number of hydrogen-bond donors (Lipinski definition) is 1. The van der Waals surface area contributed by atoms with Gasteiger partial charge < -0.3 is 10.1 Å². The van der Waals surface area contributed by atoms with Crippen molar-refractivity contribution >= 4 is 40.6 Å². The number of carbonyl (C=O) groups excluding carboxylic acids is 2. The van der Waals surface area contributed by atoms with Gasteiger partial charge in [-0.15, -0.1) is 0 Å². The van der Waals surface area contributed by atoms with Crippen LogP contribution in [0.5, 0.6) is 0 Å². The van der Waals surface area contributed by atoms with Crippen molar-refractivity contribution in [1.29, 1.82) is 0 Å². The van der Waals surface area contributed by atoms with Crippen LogP contribution in [0.1, 0.15) is 0 Å². The number of nitrogens with one attached hydrogen (secondary N) is 1. The highest BCUT2D eigenvalue weighted by atomic mass is 35.5. The maximum Gasteiger partial charge on any atom is 0.323 e. The average molecular weight is 286 g/mol. The van der Waals surface area contributed by atoms with Crippen LogP contribution in [0.15, 0.2) is 30.5 Å². The minimum atomic E-state index is -0.959. The third-order valence-corrected chi connectivity index (χ3v) is 3.23. The molecule has 6 heteroatoms. The molecule has 4 nitrogen and oxygen atoms in total. The highest BCUT2D eigenvalue weighted by Crippen LogP contribution is 2.27. The summed E-state index contributed by atoms with van der Waals surface area (Å²) in [5.41, 5.74) is 0.864. The first-order valence-electron chi connectivity index (χ1n) is 5.09. The second kappa shape index (κ2) is 5.00. The van der Waals surface area contributed by atoms with Crippen molar-refractivity contribution in [3.05, 3.63) is 40.5 Å². The van der Waals surface area contributed by atoms with Crippen LogP contribution in [0.25, 0.3) is 0 Å². The molecule has 1 aromatic carbocycles. The summed E-state index contributed by atoms with van der Waals surface area (Å²) in [6.45, 7) is 3.47. The Labute approximate surface area is 114 Å². The van der Waals surface area contributed by atoms with Gasteiger partial charge in [-0.05, 0) is 18.2 Å². The predicted octanol–water partition coefficient (Wildman–Crippen LogP) is 2.66. The lowest BCUT2D eigenvalue weighted by molar-refractivity contribution is -0.140. The molecule has 18 heavy (non-hydrogen) atoms. The van der Waals surface area contributed by atoms with Gasteiger partial charge >= 0.3 is 5.97 Å². The van der Waals surface area contributed by atoms with Gasteiger partial charge in [0.05, 0.1) is 10.0 Å². The Kier molecular flexibility index (Phi) is 3.59. The second-order valence-corrected chi connectivity index (χ2v) is 4.60. The Morgan fingerprint density at radius 2 is 2.06 bits per heavy atom. The molecule has 0 unspecified atom stereocenters. The van der Waals surface area contributed by atoms with Crippen LogP contribution in [0, 0.1) is 5.92 Å². The highest BCUT2D eigenvalue weighted by molar-refractivity contribution is 6.42. The van der Waals surface area contributed by atoms with Gasteiger partial charge in [0.15, 0.2) is 18.3 Å².